The highest BCUT2D eigenvalue weighted by Gasteiger charge is 2.31. The number of aromatic nitrogens is 3. The lowest BCUT2D eigenvalue weighted by atomic mass is 9.97. The second kappa shape index (κ2) is 10.7. The summed E-state index contributed by atoms with van der Waals surface area (Å²) in [6.45, 7) is 3.11. The Morgan fingerprint density at radius 2 is 1.92 bits per heavy atom. The summed E-state index contributed by atoms with van der Waals surface area (Å²) in [5.74, 6) is 1.07. The smallest absolute Gasteiger partial charge is 0.360 e. The van der Waals surface area contributed by atoms with E-state index in [0.29, 0.717) is 18.1 Å². The summed E-state index contributed by atoms with van der Waals surface area (Å²) in [4.78, 5) is 23.2. The number of halogens is 3. The van der Waals surface area contributed by atoms with Gasteiger partial charge in [-0.25, -0.2) is 9.97 Å². The van der Waals surface area contributed by atoms with E-state index in [1.165, 1.54) is 6.07 Å². The number of thioether (sulfide) groups is 1. The predicted octanol–water partition coefficient (Wildman–Crippen LogP) is 6.69. The van der Waals surface area contributed by atoms with Gasteiger partial charge in [0.1, 0.15) is 11.5 Å². The Bertz CT molecular complexity index is 1360. The molecule has 4 heterocycles. The number of likely N-dealkylation sites (tertiary alicyclic amines) is 1. The number of carbonyl (C=O) groups excluding carboxylic acids is 1. The Labute approximate surface area is 219 Å². The number of hydrogen-bond acceptors (Lipinski definition) is 7. The molecule has 3 aromatic heterocycles. The highest BCUT2D eigenvalue weighted by atomic mass is 32.2. The molecule has 1 amide bonds. The molecule has 0 saturated carbocycles. The van der Waals surface area contributed by atoms with E-state index in [4.69, 9.17) is 9.51 Å². The van der Waals surface area contributed by atoms with Gasteiger partial charge in [-0.1, -0.05) is 47.3 Å². The third-order valence-corrected chi connectivity index (χ3v) is 8.23. The topological polar surface area (TPSA) is 72.1 Å². The summed E-state index contributed by atoms with van der Waals surface area (Å²) in [5, 5.41) is 7.72. The monoisotopic (exact) mass is 544 g/mol. The summed E-state index contributed by atoms with van der Waals surface area (Å²) in [7, 11) is 0. The average molecular weight is 545 g/mol. The number of aryl methyl sites for hydroxylation is 1. The van der Waals surface area contributed by atoms with E-state index in [0.717, 1.165) is 70.1 Å². The van der Waals surface area contributed by atoms with E-state index in [1.807, 2.05) is 42.6 Å². The second-order valence-electron chi connectivity index (χ2n) is 8.73. The molecule has 6 nitrogen and oxygen atoms in total. The minimum Gasteiger partial charge on any atom is -0.360 e. The highest BCUT2D eigenvalue weighted by Crippen LogP contribution is 2.38. The number of alkyl halides is 3. The van der Waals surface area contributed by atoms with E-state index < -0.39 is 11.7 Å². The van der Waals surface area contributed by atoms with Crippen LogP contribution in [-0.2, 0) is 11.0 Å². The number of pyridine rings is 1. The van der Waals surface area contributed by atoms with Crippen LogP contribution in [0.1, 0.15) is 35.1 Å². The summed E-state index contributed by atoms with van der Waals surface area (Å²) < 4.78 is 43.6. The van der Waals surface area contributed by atoms with Gasteiger partial charge in [0, 0.05) is 36.1 Å². The van der Waals surface area contributed by atoms with Gasteiger partial charge in [-0.2, -0.15) is 13.2 Å². The fraction of sp³-hybridized carbons (Fsp3) is 0.308. The molecule has 1 aliphatic rings. The van der Waals surface area contributed by atoms with Crippen LogP contribution >= 0.6 is 23.1 Å². The molecule has 4 aromatic rings. The van der Waals surface area contributed by atoms with Crippen molar-refractivity contribution in [3.8, 4) is 22.5 Å². The largest absolute Gasteiger partial charge is 0.417 e. The number of hydrogen-bond donors (Lipinski definition) is 0. The van der Waals surface area contributed by atoms with Crippen LogP contribution in [0.3, 0.4) is 0 Å². The van der Waals surface area contributed by atoms with Crippen LogP contribution in [0.4, 0.5) is 13.2 Å². The van der Waals surface area contributed by atoms with Crippen LogP contribution in [0.15, 0.2) is 63.6 Å². The van der Waals surface area contributed by atoms with E-state index in [-0.39, 0.29) is 17.6 Å². The first-order valence-corrected chi connectivity index (χ1v) is 13.6. The Balaban J connectivity index is 1.18. The van der Waals surface area contributed by atoms with Crippen LogP contribution in [0.5, 0.6) is 0 Å². The maximum absolute atomic E-state index is 12.7. The quantitative estimate of drug-likeness (QED) is 0.252. The molecular formula is C26H23F3N4O2S2. The summed E-state index contributed by atoms with van der Waals surface area (Å²) in [5.41, 5.74) is 2.69. The number of amides is 1. The van der Waals surface area contributed by atoms with Crippen molar-refractivity contribution in [2.45, 2.75) is 36.9 Å². The Hall–Kier alpha value is -3.18. The van der Waals surface area contributed by atoms with Gasteiger partial charge in [0.15, 0.2) is 0 Å². The summed E-state index contributed by atoms with van der Waals surface area (Å²) >= 11 is 2.76. The molecule has 0 N–H and O–H groups in total. The van der Waals surface area contributed by atoms with Crippen LogP contribution in [0.2, 0.25) is 0 Å². The van der Waals surface area contributed by atoms with Crippen molar-refractivity contribution in [3.63, 3.8) is 0 Å². The first-order chi connectivity index (χ1) is 17.8. The van der Waals surface area contributed by atoms with Crippen LogP contribution in [0, 0.1) is 6.92 Å². The number of benzene rings is 1. The van der Waals surface area contributed by atoms with Crippen molar-refractivity contribution in [2.75, 3.05) is 18.8 Å². The lowest BCUT2D eigenvalue weighted by molar-refractivity contribution is -0.138. The molecule has 192 valence electrons. The van der Waals surface area contributed by atoms with E-state index >= 15 is 0 Å². The molecular weight excluding hydrogens is 521 g/mol. The molecule has 1 aliphatic heterocycles. The lowest BCUT2D eigenvalue weighted by Gasteiger charge is -2.31. The molecule has 37 heavy (non-hydrogen) atoms. The number of nitrogens with zero attached hydrogens (tertiary/aromatic N) is 4. The zero-order valence-corrected chi connectivity index (χ0v) is 21.5. The minimum absolute atomic E-state index is 0.0439. The summed E-state index contributed by atoms with van der Waals surface area (Å²) in [6, 6.07) is 12.1. The van der Waals surface area contributed by atoms with Crippen molar-refractivity contribution in [2.24, 2.45) is 0 Å². The molecule has 0 spiro atoms. The molecule has 11 heteroatoms. The van der Waals surface area contributed by atoms with E-state index in [9.17, 15) is 18.0 Å². The van der Waals surface area contributed by atoms with Gasteiger partial charge in [0.25, 0.3) is 0 Å². The molecule has 0 atom stereocenters. The van der Waals surface area contributed by atoms with E-state index in [1.54, 1.807) is 16.2 Å². The highest BCUT2D eigenvalue weighted by molar-refractivity contribution is 7.99. The SMILES string of the molecule is Cc1onc(-c2ccccc2)c1-c1csc(C2CCN(C(=O)CSc3ccc(C(F)(F)F)cn3)CC2)n1. The fourth-order valence-electron chi connectivity index (χ4n) is 4.29. The van der Waals surface area contributed by atoms with Crippen LogP contribution in [-0.4, -0.2) is 44.8 Å². The zero-order chi connectivity index (χ0) is 26.0. The van der Waals surface area contributed by atoms with Gasteiger partial charge < -0.3 is 9.42 Å². The van der Waals surface area contributed by atoms with Gasteiger partial charge in [-0.15, -0.1) is 11.3 Å². The predicted molar refractivity (Wildman–Crippen MR) is 136 cm³/mol. The second-order valence-corrected chi connectivity index (χ2v) is 10.6. The van der Waals surface area contributed by atoms with E-state index in [2.05, 4.69) is 10.1 Å². The first kappa shape index (κ1) is 25.5. The molecule has 1 fully saturated rings. The number of thiazole rings is 1. The molecule has 1 saturated heterocycles. The molecule has 0 aliphatic carbocycles. The maximum atomic E-state index is 12.7. The van der Waals surface area contributed by atoms with Crippen molar-refractivity contribution in [1.29, 1.82) is 0 Å². The van der Waals surface area contributed by atoms with Crippen molar-refractivity contribution in [1.82, 2.24) is 20.0 Å². The molecule has 0 radical (unpaired) electrons. The van der Waals surface area contributed by atoms with Gasteiger partial charge in [0.05, 0.1) is 32.6 Å². The fourth-order valence-corrected chi connectivity index (χ4v) is 6.02. The number of piperidine rings is 1. The Kier molecular flexibility index (Phi) is 7.34. The van der Waals surface area contributed by atoms with Crippen molar-refractivity contribution >= 4 is 29.0 Å². The van der Waals surface area contributed by atoms with Crippen LogP contribution in [0.25, 0.3) is 22.5 Å². The third-order valence-electron chi connectivity index (χ3n) is 6.29. The van der Waals surface area contributed by atoms with Crippen molar-refractivity contribution in [3.05, 3.63) is 70.4 Å². The molecule has 1 aromatic carbocycles. The molecule has 0 unspecified atom stereocenters. The standard InChI is InChI=1S/C26H23F3N4O2S2/c1-16-23(24(32-35-16)17-5-3-2-4-6-17)20-14-37-25(31-20)18-9-11-33(12-10-18)22(34)15-36-21-8-7-19(13-30-21)26(27,28)29/h2-8,13-14,18H,9-12,15H2,1H3. The molecule has 0 bridgehead atoms. The average Bonchev–Trinajstić information content (AvgIpc) is 3.54. The molecule has 5 rings (SSSR count). The lowest BCUT2D eigenvalue weighted by Crippen LogP contribution is -2.38. The van der Waals surface area contributed by atoms with Gasteiger partial charge in [-0.05, 0) is 31.9 Å². The normalized spacial score (nSPS) is 14.8. The van der Waals surface area contributed by atoms with Crippen LogP contribution < -0.4 is 0 Å². The third kappa shape index (κ3) is 5.72. The number of carbonyl (C=O) groups is 1. The number of rotatable bonds is 6. The minimum atomic E-state index is -4.42. The zero-order valence-electron chi connectivity index (χ0n) is 19.9. The summed E-state index contributed by atoms with van der Waals surface area (Å²) in [6.07, 6.45) is -2.02. The van der Waals surface area contributed by atoms with Gasteiger partial charge in [0.2, 0.25) is 5.91 Å². The van der Waals surface area contributed by atoms with Gasteiger partial charge >= 0.3 is 6.18 Å². The maximum Gasteiger partial charge on any atom is 0.417 e. The Morgan fingerprint density at radius 1 is 1.16 bits per heavy atom. The van der Waals surface area contributed by atoms with Crippen molar-refractivity contribution < 1.29 is 22.5 Å². The Morgan fingerprint density at radius 3 is 2.59 bits per heavy atom. The van der Waals surface area contributed by atoms with Gasteiger partial charge in [-0.3, -0.25) is 4.79 Å². The first-order valence-electron chi connectivity index (χ1n) is 11.7.